The molecule has 2 fully saturated rings. The Kier molecular flexibility index (Phi) is 5.82. The molecule has 6 nitrogen and oxygen atoms in total. The van der Waals surface area contributed by atoms with Crippen molar-refractivity contribution in [3.8, 4) is 11.5 Å². The number of hydrogen-bond acceptors (Lipinski definition) is 5. The first-order valence-corrected chi connectivity index (χ1v) is 11.0. The molecule has 1 aromatic heterocycles. The van der Waals surface area contributed by atoms with Gasteiger partial charge in [0.25, 0.3) is 5.91 Å². The lowest BCUT2D eigenvalue weighted by atomic mass is 10.0. The number of carbonyl (C=O) groups is 1. The third kappa shape index (κ3) is 4.55. The number of morpholine rings is 1. The zero-order chi connectivity index (χ0) is 21.0. The van der Waals surface area contributed by atoms with Gasteiger partial charge in [0.05, 0.1) is 19.3 Å². The summed E-state index contributed by atoms with van der Waals surface area (Å²) in [6.45, 7) is 3.65. The molecule has 0 spiro atoms. The van der Waals surface area contributed by atoms with Crippen LogP contribution in [0.3, 0.4) is 0 Å². The van der Waals surface area contributed by atoms with E-state index in [4.69, 9.17) is 9.15 Å². The van der Waals surface area contributed by atoms with Crippen LogP contribution in [-0.2, 0) is 4.74 Å². The minimum absolute atomic E-state index is 0.0962. The van der Waals surface area contributed by atoms with E-state index < -0.39 is 0 Å². The molecule has 1 unspecified atom stereocenters. The predicted molar refractivity (Wildman–Crippen MR) is 118 cm³/mol. The van der Waals surface area contributed by atoms with E-state index in [2.05, 4.69) is 27.3 Å². The molecule has 2 aliphatic rings. The van der Waals surface area contributed by atoms with Crippen molar-refractivity contribution in [2.24, 2.45) is 0 Å². The van der Waals surface area contributed by atoms with E-state index in [1.54, 1.807) is 0 Å². The number of nitrogens with zero attached hydrogens (tertiary/aromatic N) is 2. The molecule has 3 aromatic rings. The van der Waals surface area contributed by atoms with Gasteiger partial charge in [-0.25, -0.2) is 4.98 Å². The molecule has 1 amide bonds. The SMILES string of the molecule is O=C(NCC(c1ccccc1)N1CCOCC1)c1nc(-c2ccccc2)oc1C1CC1. The van der Waals surface area contributed by atoms with Gasteiger partial charge in [0.2, 0.25) is 5.89 Å². The molecule has 0 radical (unpaired) electrons. The first-order valence-electron chi connectivity index (χ1n) is 11.0. The lowest BCUT2D eigenvalue weighted by Gasteiger charge is -2.34. The zero-order valence-electron chi connectivity index (χ0n) is 17.5. The summed E-state index contributed by atoms with van der Waals surface area (Å²) in [5.74, 6) is 1.37. The highest BCUT2D eigenvalue weighted by Crippen LogP contribution is 2.43. The van der Waals surface area contributed by atoms with Crippen LogP contribution in [0.1, 0.15) is 46.6 Å². The van der Waals surface area contributed by atoms with E-state index in [-0.39, 0.29) is 11.9 Å². The van der Waals surface area contributed by atoms with Crippen LogP contribution in [-0.4, -0.2) is 48.6 Å². The molecule has 1 aliphatic heterocycles. The third-order valence-electron chi connectivity index (χ3n) is 5.96. The number of benzene rings is 2. The predicted octanol–water partition coefficient (Wildman–Crippen LogP) is 4.02. The second kappa shape index (κ2) is 9.04. The van der Waals surface area contributed by atoms with E-state index in [9.17, 15) is 4.79 Å². The topological polar surface area (TPSA) is 67.6 Å². The Labute approximate surface area is 182 Å². The Morgan fingerprint density at radius 3 is 2.39 bits per heavy atom. The standard InChI is InChI=1S/C25H27N3O3/c29-24(22-23(19-11-12-19)31-25(27-22)20-9-5-2-6-10-20)26-17-21(18-7-3-1-4-8-18)28-13-15-30-16-14-28/h1-10,19,21H,11-17H2,(H,26,29). The normalized spacial score (nSPS) is 17.9. The van der Waals surface area contributed by atoms with Crippen molar-refractivity contribution < 1.29 is 13.9 Å². The largest absolute Gasteiger partial charge is 0.440 e. The van der Waals surface area contributed by atoms with Gasteiger partial charge in [0, 0.05) is 31.1 Å². The minimum atomic E-state index is -0.165. The Bertz CT molecular complexity index is 1010. The van der Waals surface area contributed by atoms with E-state index >= 15 is 0 Å². The minimum Gasteiger partial charge on any atom is -0.440 e. The number of ether oxygens (including phenoxy) is 1. The van der Waals surface area contributed by atoms with Crippen molar-refractivity contribution in [2.45, 2.75) is 24.8 Å². The van der Waals surface area contributed by atoms with Gasteiger partial charge in [-0.05, 0) is 30.5 Å². The molecule has 31 heavy (non-hydrogen) atoms. The van der Waals surface area contributed by atoms with Gasteiger partial charge in [-0.15, -0.1) is 0 Å². The molecule has 6 heteroatoms. The van der Waals surface area contributed by atoms with E-state index in [1.165, 1.54) is 5.56 Å². The van der Waals surface area contributed by atoms with Crippen LogP contribution >= 0.6 is 0 Å². The molecule has 0 bridgehead atoms. The maximum absolute atomic E-state index is 13.2. The number of oxazole rings is 1. The molecule has 160 valence electrons. The Hall–Kier alpha value is -2.96. The number of nitrogens with one attached hydrogen (secondary N) is 1. The van der Waals surface area contributed by atoms with Crippen LogP contribution in [0.4, 0.5) is 0 Å². The summed E-state index contributed by atoms with van der Waals surface area (Å²) in [6.07, 6.45) is 2.09. The van der Waals surface area contributed by atoms with Crippen LogP contribution in [0.15, 0.2) is 65.1 Å². The molecule has 1 atom stereocenters. The summed E-state index contributed by atoms with van der Waals surface area (Å²) in [4.78, 5) is 20.2. The lowest BCUT2D eigenvalue weighted by molar-refractivity contribution is 0.0162. The van der Waals surface area contributed by atoms with E-state index in [1.807, 2.05) is 48.5 Å². The van der Waals surface area contributed by atoms with Gasteiger partial charge in [0.1, 0.15) is 5.76 Å². The van der Waals surface area contributed by atoms with Gasteiger partial charge in [-0.1, -0.05) is 48.5 Å². The number of rotatable bonds is 7. The van der Waals surface area contributed by atoms with Gasteiger partial charge in [-0.3, -0.25) is 9.69 Å². The number of carbonyl (C=O) groups excluding carboxylic acids is 1. The molecular formula is C25H27N3O3. The third-order valence-corrected chi connectivity index (χ3v) is 5.96. The first kappa shape index (κ1) is 20.0. The Balaban J connectivity index is 1.35. The summed E-state index contributed by atoms with van der Waals surface area (Å²) >= 11 is 0. The molecule has 1 saturated carbocycles. The quantitative estimate of drug-likeness (QED) is 0.629. The Morgan fingerprint density at radius 1 is 1.03 bits per heavy atom. The van der Waals surface area contributed by atoms with E-state index in [0.29, 0.717) is 37.3 Å². The highest BCUT2D eigenvalue weighted by Gasteiger charge is 2.34. The van der Waals surface area contributed by atoms with Gasteiger partial charge < -0.3 is 14.5 Å². The van der Waals surface area contributed by atoms with Crippen molar-refractivity contribution in [1.82, 2.24) is 15.2 Å². The van der Waals surface area contributed by atoms with Crippen molar-refractivity contribution in [1.29, 1.82) is 0 Å². The van der Waals surface area contributed by atoms with Crippen molar-refractivity contribution >= 4 is 5.91 Å². The second-order valence-corrected chi connectivity index (χ2v) is 8.16. The monoisotopic (exact) mass is 417 g/mol. The fraction of sp³-hybridized carbons (Fsp3) is 0.360. The summed E-state index contributed by atoms with van der Waals surface area (Å²) in [5, 5.41) is 3.14. The molecule has 2 aromatic carbocycles. The van der Waals surface area contributed by atoms with Crippen LogP contribution in [0.5, 0.6) is 0 Å². The maximum Gasteiger partial charge on any atom is 0.273 e. The van der Waals surface area contributed by atoms with Crippen LogP contribution in [0.25, 0.3) is 11.5 Å². The van der Waals surface area contributed by atoms with Crippen molar-refractivity contribution in [3.05, 3.63) is 77.7 Å². The molecular weight excluding hydrogens is 390 g/mol. The summed E-state index contributed by atoms with van der Waals surface area (Å²) in [5.41, 5.74) is 2.51. The molecule has 2 heterocycles. The average Bonchev–Trinajstić information content (AvgIpc) is 3.59. The summed E-state index contributed by atoms with van der Waals surface area (Å²) in [6, 6.07) is 20.2. The molecule has 5 rings (SSSR count). The fourth-order valence-electron chi connectivity index (χ4n) is 4.12. The highest BCUT2D eigenvalue weighted by atomic mass is 16.5. The average molecular weight is 418 g/mol. The Morgan fingerprint density at radius 2 is 1.71 bits per heavy atom. The van der Waals surface area contributed by atoms with Gasteiger partial charge in [0.15, 0.2) is 5.69 Å². The molecule has 1 saturated heterocycles. The fourth-order valence-corrected chi connectivity index (χ4v) is 4.12. The first-order chi connectivity index (χ1) is 15.3. The molecule has 1 aliphatic carbocycles. The maximum atomic E-state index is 13.2. The van der Waals surface area contributed by atoms with Gasteiger partial charge in [-0.2, -0.15) is 0 Å². The molecule has 1 N–H and O–H groups in total. The van der Waals surface area contributed by atoms with Crippen LogP contribution in [0, 0.1) is 0 Å². The number of aromatic nitrogens is 1. The number of hydrogen-bond donors (Lipinski definition) is 1. The summed E-state index contributed by atoms with van der Waals surface area (Å²) in [7, 11) is 0. The van der Waals surface area contributed by atoms with E-state index in [0.717, 1.165) is 37.3 Å². The second-order valence-electron chi connectivity index (χ2n) is 8.16. The van der Waals surface area contributed by atoms with Crippen molar-refractivity contribution in [2.75, 3.05) is 32.8 Å². The smallest absolute Gasteiger partial charge is 0.273 e. The highest BCUT2D eigenvalue weighted by molar-refractivity contribution is 5.94. The zero-order valence-corrected chi connectivity index (χ0v) is 17.5. The number of amides is 1. The van der Waals surface area contributed by atoms with Crippen molar-refractivity contribution in [3.63, 3.8) is 0 Å². The van der Waals surface area contributed by atoms with Gasteiger partial charge >= 0.3 is 0 Å². The lowest BCUT2D eigenvalue weighted by Crippen LogP contribution is -2.44. The van der Waals surface area contributed by atoms with Crippen LogP contribution < -0.4 is 5.32 Å². The summed E-state index contributed by atoms with van der Waals surface area (Å²) < 4.78 is 11.6. The van der Waals surface area contributed by atoms with Crippen LogP contribution in [0.2, 0.25) is 0 Å².